The second-order valence-corrected chi connectivity index (χ2v) is 14.4. The molecule has 0 amide bonds. The first kappa shape index (κ1) is 32.7. The SMILES string of the molecule is c1ccc(-c2nc3c(ccc4oc5ccc(-c6ccc(N(c7ccc(-c8ccc9ccccc9c8)cc7)c7ccccc7-c7ccccc7)cc6)cc5c43)o2)cc1. The molecule has 0 aliphatic carbocycles. The van der Waals surface area contributed by atoms with E-state index in [0.29, 0.717) is 5.89 Å². The van der Waals surface area contributed by atoms with Gasteiger partial charge in [0.25, 0.3) is 0 Å². The van der Waals surface area contributed by atoms with Crippen molar-refractivity contribution in [1.82, 2.24) is 4.98 Å². The number of fused-ring (bicyclic) bond motifs is 6. The molecule has 268 valence electrons. The number of aromatic nitrogens is 1. The molecule has 11 rings (SSSR count). The zero-order valence-corrected chi connectivity index (χ0v) is 30.8. The second kappa shape index (κ2) is 13.6. The molecule has 2 heterocycles. The van der Waals surface area contributed by atoms with Crippen molar-refractivity contribution in [2.24, 2.45) is 0 Å². The van der Waals surface area contributed by atoms with Gasteiger partial charge in [-0.15, -0.1) is 0 Å². The molecule has 0 fully saturated rings. The second-order valence-electron chi connectivity index (χ2n) is 14.4. The number of benzene rings is 9. The van der Waals surface area contributed by atoms with Gasteiger partial charge < -0.3 is 13.7 Å². The summed E-state index contributed by atoms with van der Waals surface area (Å²) in [6, 6.07) is 72.5. The molecular formula is C53H34N2O2. The third-order valence-corrected chi connectivity index (χ3v) is 10.9. The van der Waals surface area contributed by atoms with Crippen LogP contribution in [-0.2, 0) is 0 Å². The Labute approximate surface area is 329 Å². The fraction of sp³-hybridized carbons (Fsp3) is 0. The molecule has 11 aromatic rings. The van der Waals surface area contributed by atoms with Crippen molar-refractivity contribution in [1.29, 1.82) is 0 Å². The highest BCUT2D eigenvalue weighted by Gasteiger charge is 2.19. The number of para-hydroxylation sites is 1. The summed E-state index contributed by atoms with van der Waals surface area (Å²) in [5.41, 5.74) is 14.2. The maximum Gasteiger partial charge on any atom is 0.227 e. The smallest absolute Gasteiger partial charge is 0.227 e. The lowest BCUT2D eigenvalue weighted by molar-refractivity contribution is 0.619. The van der Waals surface area contributed by atoms with Crippen LogP contribution in [0.5, 0.6) is 0 Å². The van der Waals surface area contributed by atoms with E-state index in [-0.39, 0.29) is 0 Å². The minimum atomic E-state index is 0.598. The molecule has 0 aliphatic rings. The number of rotatable bonds is 7. The van der Waals surface area contributed by atoms with Gasteiger partial charge in [0.2, 0.25) is 5.89 Å². The van der Waals surface area contributed by atoms with Gasteiger partial charge in [0.1, 0.15) is 16.7 Å². The maximum absolute atomic E-state index is 6.33. The Morgan fingerprint density at radius 3 is 1.67 bits per heavy atom. The van der Waals surface area contributed by atoms with Crippen molar-refractivity contribution >= 4 is 60.9 Å². The number of hydrogen-bond acceptors (Lipinski definition) is 4. The lowest BCUT2D eigenvalue weighted by Crippen LogP contribution is -2.11. The van der Waals surface area contributed by atoms with Crippen LogP contribution in [0.1, 0.15) is 0 Å². The molecule has 2 aromatic heterocycles. The van der Waals surface area contributed by atoms with E-state index in [1.54, 1.807) is 0 Å². The Hall–Kier alpha value is -7.69. The zero-order valence-electron chi connectivity index (χ0n) is 30.8. The Morgan fingerprint density at radius 1 is 0.368 bits per heavy atom. The summed E-state index contributed by atoms with van der Waals surface area (Å²) in [6.45, 7) is 0. The fourth-order valence-electron chi connectivity index (χ4n) is 8.07. The molecule has 4 nitrogen and oxygen atoms in total. The normalized spacial score (nSPS) is 11.5. The van der Waals surface area contributed by atoms with Gasteiger partial charge in [0.05, 0.1) is 11.1 Å². The van der Waals surface area contributed by atoms with E-state index in [9.17, 15) is 0 Å². The molecule has 0 saturated carbocycles. The number of hydrogen-bond donors (Lipinski definition) is 0. The molecule has 0 spiro atoms. The predicted molar refractivity (Wildman–Crippen MR) is 235 cm³/mol. The van der Waals surface area contributed by atoms with Crippen LogP contribution in [-0.4, -0.2) is 4.98 Å². The van der Waals surface area contributed by atoms with E-state index in [4.69, 9.17) is 13.8 Å². The quantitative estimate of drug-likeness (QED) is 0.164. The Kier molecular flexibility index (Phi) is 7.78. The van der Waals surface area contributed by atoms with Crippen molar-refractivity contribution in [3.63, 3.8) is 0 Å². The van der Waals surface area contributed by atoms with Gasteiger partial charge in [-0.25, -0.2) is 4.98 Å². The molecule has 0 radical (unpaired) electrons. The van der Waals surface area contributed by atoms with Gasteiger partial charge in [-0.05, 0) is 111 Å². The first-order valence-electron chi connectivity index (χ1n) is 19.2. The average Bonchev–Trinajstić information content (AvgIpc) is 3.89. The first-order chi connectivity index (χ1) is 28.2. The molecule has 9 aromatic carbocycles. The zero-order chi connectivity index (χ0) is 37.7. The number of furan rings is 1. The van der Waals surface area contributed by atoms with Crippen molar-refractivity contribution in [3.8, 4) is 44.8 Å². The summed E-state index contributed by atoms with van der Waals surface area (Å²) in [4.78, 5) is 7.31. The van der Waals surface area contributed by atoms with Crippen LogP contribution >= 0.6 is 0 Å². The van der Waals surface area contributed by atoms with E-state index in [0.717, 1.165) is 72.4 Å². The summed E-state index contributed by atoms with van der Waals surface area (Å²) in [5, 5.41) is 4.45. The van der Waals surface area contributed by atoms with Crippen molar-refractivity contribution in [2.75, 3.05) is 4.90 Å². The summed E-state index contributed by atoms with van der Waals surface area (Å²) in [5.74, 6) is 0.598. The van der Waals surface area contributed by atoms with Crippen LogP contribution < -0.4 is 4.90 Å². The predicted octanol–water partition coefficient (Wildman–Crippen LogP) is 15.0. The molecule has 0 atom stereocenters. The summed E-state index contributed by atoms with van der Waals surface area (Å²) in [7, 11) is 0. The van der Waals surface area contributed by atoms with Crippen LogP contribution in [0.4, 0.5) is 17.1 Å². The van der Waals surface area contributed by atoms with E-state index in [1.165, 1.54) is 27.5 Å². The molecule has 0 unspecified atom stereocenters. The topological polar surface area (TPSA) is 42.4 Å². The number of nitrogens with zero attached hydrogens (tertiary/aromatic N) is 2. The van der Waals surface area contributed by atoms with Crippen LogP contribution in [0.2, 0.25) is 0 Å². The minimum Gasteiger partial charge on any atom is -0.456 e. The monoisotopic (exact) mass is 730 g/mol. The Bertz CT molecular complexity index is 3220. The molecule has 4 heteroatoms. The van der Waals surface area contributed by atoms with Gasteiger partial charge in [-0.1, -0.05) is 133 Å². The molecule has 0 bridgehead atoms. The van der Waals surface area contributed by atoms with Crippen LogP contribution in [0.15, 0.2) is 215 Å². The highest BCUT2D eigenvalue weighted by atomic mass is 16.4. The summed E-state index contributed by atoms with van der Waals surface area (Å²) in [6.07, 6.45) is 0. The van der Waals surface area contributed by atoms with E-state index < -0.39 is 0 Å². The fourth-order valence-corrected chi connectivity index (χ4v) is 8.07. The Morgan fingerprint density at radius 2 is 0.930 bits per heavy atom. The van der Waals surface area contributed by atoms with E-state index >= 15 is 0 Å². The van der Waals surface area contributed by atoms with Crippen LogP contribution in [0.25, 0.3) is 88.6 Å². The third kappa shape index (κ3) is 5.83. The standard InChI is InChI=1S/C53H34N2O2/c1-3-12-38(13-4-1)45-17-9-10-18-47(45)55(43-26-21-36(22-27-43)41-20-19-35-11-7-8-16-40(35)33-41)44-28-23-37(24-29-44)42-25-30-48-46(34-42)51-49(56-48)31-32-50-52(51)54-53(57-50)39-14-5-2-6-15-39/h1-34H. The molecule has 0 N–H and O–H groups in total. The Balaban J connectivity index is 0.995. The van der Waals surface area contributed by atoms with E-state index in [2.05, 4.69) is 169 Å². The van der Waals surface area contributed by atoms with Gasteiger partial charge >= 0.3 is 0 Å². The minimum absolute atomic E-state index is 0.598. The van der Waals surface area contributed by atoms with Gasteiger partial charge in [-0.2, -0.15) is 0 Å². The first-order valence-corrected chi connectivity index (χ1v) is 19.2. The van der Waals surface area contributed by atoms with Gasteiger partial charge in [0.15, 0.2) is 5.58 Å². The largest absolute Gasteiger partial charge is 0.456 e. The highest BCUT2D eigenvalue weighted by Crippen LogP contribution is 2.43. The van der Waals surface area contributed by atoms with Crippen molar-refractivity contribution in [3.05, 3.63) is 206 Å². The third-order valence-electron chi connectivity index (χ3n) is 10.9. The highest BCUT2D eigenvalue weighted by molar-refractivity contribution is 6.17. The van der Waals surface area contributed by atoms with Gasteiger partial charge in [-0.3, -0.25) is 0 Å². The summed E-state index contributed by atoms with van der Waals surface area (Å²) < 4.78 is 12.6. The van der Waals surface area contributed by atoms with E-state index in [1.807, 2.05) is 42.5 Å². The summed E-state index contributed by atoms with van der Waals surface area (Å²) >= 11 is 0. The maximum atomic E-state index is 6.33. The van der Waals surface area contributed by atoms with Crippen LogP contribution in [0.3, 0.4) is 0 Å². The van der Waals surface area contributed by atoms with Crippen molar-refractivity contribution < 1.29 is 8.83 Å². The van der Waals surface area contributed by atoms with Gasteiger partial charge in [0, 0.05) is 27.9 Å². The molecule has 0 saturated heterocycles. The molecular weight excluding hydrogens is 697 g/mol. The van der Waals surface area contributed by atoms with Crippen molar-refractivity contribution in [2.45, 2.75) is 0 Å². The lowest BCUT2D eigenvalue weighted by atomic mass is 9.99. The number of anilines is 3. The molecule has 0 aliphatic heterocycles. The van der Waals surface area contributed by atoms with Crippen LogP contribution in [0, 0.1) is 0 Å². The average molecular weight is 731 g/mol. The molecule has 57 heavy (non-hydrogen) atoms. The lowest BCUT2D eigenvalue weighted by Gasteiger charge is -2.28. The number of oxazole rings is 1.